The quantitative estimate of drug-likeness (QED) is 0.833. The summed E-state index contributed by atoms with van der Waals surface area (Å²) < 4.78 is 2.40. The van der Waals surface area contributed by atoms with Gasteiger partial charge in [-0.3, -0.25) is 0 Å². The summed E-state index contributed by atoms with van der Waals surface area (Å²) in [6.45, 7) is 3.11. The zero-order valence-corrected chi connectivity index (χ0v) is 10.6. The molecule has 0 amide bonds. The van der Waals surface area contributed by atoms with Gasteiger partial charge >= 0.3 is 97.8 Å². The Balaban J connectivity index is 2.76. The first-order valence-corrected chi connectivity index (χ1v) is 6.42. The third-order valence-electron chi connectivity index (χ3n) is 2.52. The number of benzene rings is 1. The van der Waals surface area contributed by atoms with Crippen molar-refractivity contribution in [3.63, 3.8) is 0 Å². The molecule has 0 aliphatic rings. The van der Waals surface area contributed by atoms with Gasteiger partial charge in [0.25, 0.3) is 0 Å². The number of hydrogen-bond acceptors (Lipinski definition) is 2. The zero-order chi connectivity index (χ0) is 11.9. The summed E-state index contributed by atoms with van der Waals surface area (Å²) in [5.41, 5.74) is -1.32. The molecule has 0 bridgehead atoms. The Morgan fingerprint density at radius 2 is 2.00 bits per heavy atom. The van der Waals surface area contributed by atoms with E-state index in [1.54, 1.807) is 26.0 Å². The number of nitrogens with zero attached hydrogens (tertiary/aromatic N) is 1. The average Bonchev–Trinajstić information content (AvgIpc) is 2.57. The van der Waals surface area contributed by atoms with Crippen molar-refractivity contribution in [1.82, 2.24) is 3.56 Å². The van der Waals surface area contributed by atoms with E-state index in [0.717, 1.165) is 4.26 Å². The van der Waals surface area contributed by atoms with E-state index >= 15 is 0 Å². The van der Waals surface area contributed by atoms with E-state index in [2.05, 4.69) is 0 Å². The predicted molar refractivity (Wildman–Crippen MR) is 62.1 cm³/mol. The van der Waals surface area contributed by atoms with Crippen molar-refractivity contribution in [2.75, 3.05) is 0 Å². The van der Waals surface area contributed by atoms with Gasteiger partial charge in [0.05, 0.1) is 0 Å². The van der Waals surface area contributed by atoms with Crippen LogP contribution >= 0.6 is 0 Å². The summed E-state index contributed by atoms with van der Waals surface area (Å²) >= 11 is -0.241. The van der Waals surface area contributed by atoms with Gasteiger partial charge in [-0.25, -0.2) is 0 Å². The van der Waals surface area contributed by atoms with E-state index in [9.17, 15) is 9.59 Å². The first-order valence-electron chi connectivity index (χ1n) is 4.79. The second-order valence-electron chi connectivity index (χ2n) is 4.05. The standard InChI is InChI=1S/C11H11NO3Se/c1-11(2,10(14)15)12-9(13)7-5-3-4-6-8(7)16-12/h3-6H,1-2H3,(H,14,15). The van der Waals surface area contributed by atoms with Crippen LogP contribution in [0.4, 0.5) is 0 Å². The summed E-state index contributed by atoms with van der Waals surface area (Å²) in [6.07, 6.45) is 0. The second kappa shape index (κ2) is 3.61. The van der Waals surface area contributed by atoms with Crippen LogP contribution in [0.25, 0.3) is 9.65 Å². The SMILES string of the molecule is CC(C)(C(=O)O)n1[se]c2ccccc2c1=O. The fraction of sp³-hybridized carbons (Fsp3) is 0.273. The number of carboxylic acid groups (broad SMARTS) is 1. The Morgan fingerprint density at radius 3 is 2.56 bits per heavy atom. The number of rotatable bonds is 2. The fourth-order valence-corrected chi connectivity index (χ4v) is 3.69. The van der Waals surface area contributed by atoms with Gasteiger partial charge in [0.1, 0.15) is 0 Å². The molecule has 1 N–H and O–H groups in total. The fourth-order valence-electron chi connectivity index (χ4n) is 1.43. The Kier molecular flexibility index (Phi) is 2.52. The molecular formula is C11H11NO3Se. The Bertz CT molecular complexity index is 609. The van der Waals surface area contributed by atoms with E-state index in [1.807, 2.05) is 12.1 Å². The van der Waals surface area contributed by atoms with Gasteiger partial charge in [-0.1, -0.05) is 0 Å². The number of carbonyl (C=O) groups is 1. The predicted octanol–water partition coefficient (Wildman–Crippen LogP) is 0.878. The van der Waals surface area contributed by atoms with E-state index in [0.29, 0.717) is 5.39 Å². The normalized spacial score (nSPS) is 11.9. The molecule has 1 heterocycles. The van der Waals surface area contributed by atoms with Gasteiger partial charge in [0.15, 0.2) is 0 Å². The molecule has 1 aromatic heterocycles. The number of aromatic nitrogens is 1. The Hall–Kier alpha value is -1.32. The summed E-state index contributed by atoms with van der Waals surface area (Å²) in [5.74, 6) is -0.976. The molecule has 0 aliphatic heterocycles. The zero-order valence-electron chi connectivity index (χ0n) is 8.93. The molecule has 0 saturated carbocycles. The first kappa shape index (κ1) is 11.2. The third-order valence-corrected chi connectivity index (χ3v) is 5.37. The molecule has 1 aromatic carbocycles. The van der Waals surface area contributed by atoms with Crippen molar-refractivity contribution in [3.8, 4) is 0 Å². The van der Waals surface area contributed by atoms with Gasteiger partial charge < -0.3 is 0 Å². The molecule has 0 aliphatic carbocycles. The summed E-state index contributed by atoms with van der Waals surface area (Å²) in [7, 11) is 0. The summed E-state index contributed by atoms with van der Waals surface area (Å²) in [5, 5.41) is 9.75. The van der Waals surface area contributed by atoms with Crippen LogP contribution in [-0.4, -0.2) is 29.4 Å². The van der Waals surface area contributed by atoms with Crippen LogP contribution in [0.5, 0.6) is 0 Å². The van der Waals surface area contributed by atoms with E-state index in [1.165, 1.54) is 3.56 Å². The summed E-state index contributed by atoms with van der Waals surface area (Å²) in [4.78, 5) is 23.1. The van der Waals surface area contributed by atoms with Gasteiger partial charge in [-0.05, 0) is 0 Å². The van der Waals surface area contributed by atoms with E-state index < -0.39 is 11.5 Å². The van der Waals surface area contributed by atoms with Crippen LogP contribution in [-0.2, 0) is 10.3 Å². The summed E-state index contributed by atoms with van der Waals surface area (Å²) in [6, 6.07) is 7.29. The van der Waals surface area contributed by atoms with Gasteiger partial charge in [0, 0.05) is 0 Å². The molecule has 0 radical (unpaired) electrons. The van der Waals surface area contributed by atoms with E-state index in [-0.39, 0.29) is 20.3 Å². The molecule has 5 heteroatoms. The van der Waals surface area contributed by atoms with Crippen molar-refractivity contribution in [1.29, 1.82) is 0 Å². The monoisotopic (exact) mass is 285 g/mol. The number of fused-ring (bicyclic) bond motifs is 1. The minimum absolute atomic E-state index is 0.178. The Labute approximate surface area is 98.1 Å². The topological polar surface area (TPSA) is 59.3 Å². The van der Waals surface area contributed by atoms with Gasteiger partial charge in [0.2, 0.25) is 0 Å². The minimum atomic E-state index is -1.14. The van der Waals surface area contributed by atoms with Crippen LogP contribution in [0.2, 0.25) is 0 Å². The molecule has 16 heavy (non-hydrogen) atoms. The third kappa shape index (κ3) is 1.52. The Morgan fingerprint density at radius 1 is 1.38 bits per heavy atom. The van der Waals surface area contributed by atoms with Crippen molar-refractivity contribution in [2.45, 2.75) is 19.4 Å². The number of aliphatic carboxylic acids is 1. The molecular weight excluding hydrogens is 273 g/mol. The first-order chi connectivity index (χ1) is 7.44. The average molecular weight is 284 g/mol. The van der Waals surface area contributed by atoms with Crippen LogP contribution in [0.3, 0.4) is 0 Å². The van der Waals surface area contributed by atoms with Crippen molar-refractivity contribution in [2.24, 2.45) is 0 Å². The maximum absolute atomic E-state index is 12.0. The molecule has 2 rings (SSSR count). The molecule has 0 spiro atoms. The molecule has 4 nitrogen and oxygen atoms in total. The number of hydrogen-bond donors (Lipinski definition) is 1. The second-order valence-corrected chi connectivity index (χ2v) is 6.12. The van der Waals surface area contributed by atoms with Crippen molar-refractivity contribution >= 4 is 30.3 Å². The molecule has 0 atom stereocenters. The molecule has 0 unspecified atom stereocenters. The van der Waals surface area contributed by atoms with Crippen LogP contribution in [0.15, 0.2) is 29.1 Å². The molecule has 2 aromatic rings. The van der Waals surface area contributed by atoms with Crippen molar-refractivity contribution in [3.05, 3.63) is 34.6 Å². The van der Waals surface area contributed by atoms with Crippen molar-refractivity contribution < 1.29 is 9.90 Å². The van der Waals surface area contributed by atoms with Crippen LogP contribution in [0.1, 0.15) is 13.8 Å². The van der Waals surface area contributed by atoms with Gasteiger partial charge in [-0.15, -0.1) is 0 Å². The maximum atomic E-state index is 12.0. The van der Waals surface area contributed by atoms with E-state index in [4.69, 9.17) is 5.11 Å². The molecule has 0 fully saturated rings. The van der Waals surface area contributed by atoms with Crippen LogP contribution < -0.4 is 5.56 Å². The molecule has 84 valence electrons. The van der Waals surface area contributed by atoms with Gasteiger partial charge in [-0.2, -0.15) is 0 Å². The number of carboxylic acids is 1. The molecule has 0 saturated heterocycles. The van der Waals surface area contributed by atoms with Crippen LogP contribution in [0, 0.1) is 0 Å².